The lowest BCUT2D eigenvalue weighted by molar-refractivity contribution is -0.116. The Morgan fingerprint density at radius 2 is 1.96 bits per heavy atom. The van der Waals surface area contributed by atoms with Crippen LogP contribution in [0.1, 0.15) is 25.1 Å². The third-order valence-electron chi connectivity index (χ3n) is 3.91. The van der Waals surface area contributed by atoms with E-state index in [4.69, 9.17) is 0 Å². The van der Waals surface area contributed by atoms with Gasteiger partial charge >= 0.3 is 0 Å². The smallest absolute Gasteiger partial charge is 0.263 e. The summed E-state index contributed by atoms with van der Waals surface area (Å²) in [7, 11) is 0. The minimum Gasteiger partial charge on any atom is -0.294 e. The van der Waals surface area contributed by atoms with Gasteiger partial charge in [0.05, 0.1) is 11.1 Å². The Kier molecular flexibility index (Phi) is 4.44. The van der Waals surface area contributed by atoms with Crippen LogP contribution in [0.25, 0.3) is 6.08 Å². The van der Waals surface area contributed by atoms with Gasteiger partial charge in [0.25, 0.3) is 5.91 Å². The van der Waals surface area contributed by atoms with Crippen LogP contribution >= 0.6 is 11.3 Å². The van der Waals surface area contributed by atoms with E-state index in [0.717, 1.165) is 4.88 Å². The van der Waals surface area contributed by atoms with Crippen molar-refractivity contribution < 1.29 is 14.0 Å². The number of nitrogens with zero attached hydrogens (tertiary/aromatic N) is 1. The van der Waals surface area contributed by atoms with Gasteiger partial charge in [-0.05, 0) is 48.7 Å². The Morgan fingerprint density at radius 1 is 1.25 bits per heavy atom. The Hall–Kier alpha value is -2.53. The number of anilines is 1. The fourth-order valence-electron chi connectivity index (χ4n) is 2.77. The average Bonchev–Trinajstić information content (AvgIpc) is 3.16. The van der Waals surface area contributed by atoms with Gasteiger partial charge in [-0.3, -0.25) is 14.5 Å². The molecular weight excluding hydrogens is 325 g/mol. The summed E-state index contributed by atoms with van der Waals surface area (Å²) in [6, 6.07) is 9.48. The van der Waals surface area contributed by atoms with Crippen LogP contribution in [0.5, 0.6) is 0 Å². The Bertz CT molecular complexity index is 848. The monoisotopic (exact) mass is 341 g/mol. The molecule has 0 aliphatic carbocycles. The summed E-state index contributed by atoms with van der Waals surface area (Å²) >= 11 is 1.50. The molecule has 24 heavy (non-hydrogen) atoms. The van der Waals surface area contributed by atoms with E-state index < -0.39 is 0 Å². The first kappa shape index (κ1) is 16.3. The SMILES string of the molecule is CCC(=O)C1=C(C)N(c2ccc(F)cc2)C(=O)C1=Cc1cccs1. The molecule has 2 heterocycles. The molecule has 1 aromatic heterocycles. The van der Waals surface area contributed by atoms with E-state index in [1.165, 1.54) is 28.4 Å². The Morgan fingerprint density at radius 3 is 2.54 bits per heavy atom. The number of rotatable bonds is 4. The molecule has 1 aliphatic heterocycles. The molecule has 3 nitrogen and oxygen atoms in total. The number of hydrogen-bond acceptors (Lipinski definition) is 3. The topological polar surface area (TPSA) is 37.4 Å². The van der Waals surface area contributed by atoms with Gasteiger partial charge in [0, 0.05) is 22.7 Å². The van der Waals surface area contributed by atoms with Gasteiger partial charge in [-0.2, -0.15) is 0 Å². The summed E-state index contributed by atoms with van der Waals surface area (Å²) in [6.07, 6.45) is 2.07. The van der Waals surface area contributed by atoms with E-state index in [9.17, 15) is 14.0 Å². The van der Waals surface area contributed by atoms with Crippen LogP contribution < -0.4 is 4.90 Å². The van der Waals surface area contributed by atoms with Crippen LogP contribution in [-0.2, 0) is 9.59 Å². The minimum absolute atomic E-state index is 0.0757. The number of benzene rings is 1. The molecule has 5 heteroatoms. The quantitative estimate of drug-likeness (QED) is 0.764. The summed E-state index contributed by atoms with van der Waals surface area (Å²) in [6.45, 7) is 3.52. The summed E-state index contributed by atoms with van der Waals surface area (Å²) < 4.78 is 13.2. The summed E-state index contributed by atoms with van der Waals surface area (Å²) in [5.74, 6) is -0.705. The van der Waals surface area contributed by atoms with E-state index in [0.29, 0.717) is 29.0 Å². The number of ketones is 1. The first-order chi connectivity index (χ1) is 11.5. The summed E-state index contributed by atoms with van der Waals surface area (Å²) in [4.78, 5) is 27.7. The van der Waals surface area contributed by atoms with Gasteiger partial charge in [-0.25, -0.2) is 4.39 Å². The molecule has 0 atom stereocenters. The predicted octanol–water partition coefficient (Wildman–Crippen LogP) is 4.57. The largest absolute Gasteiger partial charge is 0.294 e. The van der Waals surface area contributed by atoms with Crippen molar-refractivity contribution in [3.63, 3.8) is 0 Å². The third kappa shape index (κ3) is 2.83. The fraction of sp³-hybridized carbons (Fsp3) is 0.158. The zero-order valence-electron chi connectivity index (χ0n) is 13.4. The second kappa shape index (κ2) is 6.53. The van der Waals surface area contributed by atoms with Crippen molar-refractivity contribution in [2.45, 2.75) is 20.3 Å². The normalized spacial score (nSPS) is 16.4. The molecule has 1 aromatic carbocycles. The van der Waals surface area contributed by atoms with E-state index in [2.05, 4.69) is 0 Å². The van der Waals surface area contributed by atoms with E-state index in [-0.39, 0.29) is 17.5 Å². The third-order valence-corrected chi connectivity index (χ3v) is 4.73. The zero-order valence-corrected chi connectivity index (χ0v) is 14.2. The molecule has 0 unspecified atom stereocenters. The van der Waals surface area contributed by atoms with Crippen molar-refractivity contribution in [1.82, 2.24) is 0 Å². The molecule has 0 bridgehead atoms. The van der Waals surface area contributed by atoms with Gasteiger partial charge in [0.2, 0.25) is 0 Å². The van der Waals surface area contributed by atoms with Gasteiger partial charge in [0.1, 0.15) is 5.82 Å². The van der Waals surface area contributed by atoms with Crippen molar-refractivity contribution in [2.75, 3.05) is 4.90 Å². The maximum Gasteiger partial charge on any atom is 0.263 e. The number of Topliss-reactive ketones (excluding diaryl/α,β-unsaturated/α-hetero) is 1. The zero-order chi connectivity index (χ0) is 17.3. The van der Waals surface area contributed by atoms with Crippen LogP contribution in [0.15, 0.2) is 58.6 Å². The summed E-state index contributed by atoms with van der Waals surface area (Å²) in [5, 5.41) is 1.92. The molecule has 122 valence electrons. The molecule has 0 N–H and O–H groups in total. The first-order valence-corrected chi connectivity index (χ1v) is 8.50. The highest BCUT2D eigenvalue weighted by atomic mass is 32.1. The number of thiophene rings is 1. The molecular formula is C19H16FNO2S. The molecule has 2 aromatic rings. The Balaban J connectivity index is 2.12. The molecule has 0 saturated heterocycles. The lowest BCUT2D eigenvalue weighted by Gasteiger charge is -2.17. The average molecular weight is 341 g/mol. The van der Waals surface area contributed by atoms with Gasteiger partial charge in [-0.15, -0.1) is 11.3 Å². The van der Waals surface area contributed by atoms with Crippen LogP contribution in [0, 0.1) is 5.82 Å². The molecule has 0 radical (unpaired) electrons. The number of carbonyl (C=O) groups excluding carboxylic acids is 2. The van der Waals surface area contributed by atoms with Crippen LogP contribution in [0.4, 0.5) is 10.1 Å². The number of carbonyl (C=O) groups is 2. The first-order valence-electron chi connectivity index (χ1n) is 7.62. The second-order valence-electron chi connectivity index (χ2n) is 5.43. The van der Waals surface area contributed by atoms with Crippen molar-refractivity contribution in [3.8, 4) is 0 Å². The van der Waals surface area contributed by atoms with E-state index in [1.54, 1.807) is 32.1 Å². The highest BCUT2D eigenvalue weighted by molar-refractivity contribution is 7.10. The lowest BCUT2D eigenvalue weighted by Crippen LogP contribution is -2.24. The lowest BCUT2D eigenvalue weighted by atomic mass is 10.0. The molecule has 1 aliphatic rings. The van der Waals surface area contributed by atoms with Crippen LogP contribution in [-0.4, -0.2) is 11.7 Å². The number of amides is 1. The minimum atomic E-state index is -0.369. The van der Waals surface area contributed by atoms with Gasteiger partial charge in [-0.1, -0.05) is 13.0 Å². The van der Waals surface area contributed by atoms with Crippen molar-refractivity contribution in [1.29, 1.82) is 0 Å². The standard InChI is InChI=1S/C19H16FNO2S/c1-3-17(22)18-12(2)21(14-8-6-13(20)7-9-14)19(23)16(18)11-15-5-4-10-24-15/h4-11H,3H2,1-2H3. The van der Waals surface area contributed by atoms with E-state index in [1.807, 2.05) is 17.5 Å². The highest BCUT2D eigenvalue weighted by Crippen LogP contribution is 2.36. The molecule has 3 rings (SSSR count). The molecule has 0 spiro atoms. The van der Waals surface area contributed by atoms with Crippen molar-refractivity contribution in [3.05, 3.63) is 69.3 Å². The number of hydrogen-bond donors (Lipinski definition) is 0. The number of allylic oxidation sites excluding steroid dienone is 1. The highest BCUT2D eigenvalue weighted by Gasteiger charge is 2.36. The number of halogens is 1. The van der Waals surface area contributed by atoms with Crippen molar-refractivity contribution in [2.24, 2.45) is 0 Å². The van der Waals surface area contributed by atoms with Gasteiger partial charge < -0.3 is 0 Å². The maximum atomic E-state index is 13.2. The molecule has 0 saturated carbocycles. The second-order valence-corrected chi connectivity index (χ2v) is 6.41. The molecule has 0 fully saturated rings. The predicted molar refractivity (Wildman–Crippen MR) is 94.2 cm³/mol. The fourth-order valence-corrected chi connectivity index (χ4v) is 3.42. The Labute approximate surface area is 143 Å². The van der Waals surface area contributed by atoms with Crippen LogP contribution in [0.2, 0.25) is 0 Å². The van der Waals surface area contributed by atoms with Crippen LogP contribution in [0.3, 0.4) is 0 Å². The summed E-state index contributed by atoms with van der Waals surface area (Å²) in [5.41, 5.74) is 1.97. The van der Waals surface area contributed by atoms with Crippen molar-refractivity contribution >= 4 is 34.8 Å². The molecule has 1 amide bonds. The maximum absolute atomic E-state index is 13.2. The van der Waals surface area contributed by atoms with E-state index >= 15 is 0 Å². The van der Waals surface area contributed by atoms with Gasteiger partial charge in [0.15, 0.2) is 5.78 Å².